The summed E-state index contributed by atoms with van der Waals surface area (Å²) in [5.74, 6) is -1.80. The van der Waals surface area contributed by atoms with Gasteiger partial charge in [0.15, 0.2) is 11.3 Å². The van der Waals surface area contributed by atoms with Gasteiger partial charge >= 0.3 is 11.6 Å². The molecule has 1 atom stereocenters. The van der Waals surface area contributed by atoms with Crippen LogP contribution < -0.4 is 31.0 Å². The van der Waals surface area contributed by atoms with Gasteiger partial charge in [-0.15, -0.1) is 0 Å². The number of thioether (sulfide) groups is 1. The van der Waals surface area contributed by atoms with Crippen molar-refractivity contribution in [1.29, 1.82) is 0 Å². The smallest absolute Gasteiger partial charge is 0.340 e. The molecule has 0 aliphatic carbocycles. The van der Waals surface area contributed by atoms with Crippen LogP contribution >= 0.6 is 11.8 Å². The van der Waals surface area contributed by atoms with Gasteiger partial charge in [0.05, 0.1) is 39.3 Å². The number of benzene rings is 2. The number of carbonyl (C=O) groups excluding carboxylic acids is 3. The molecule has 0 bridgehead atoms. The molecule has 0 saturated heterocycles. The zero-order valence-electron chi connectivity index (χ0n) is 22.8. The van der Waals surface area contributed by atoms with Crippen LogP contribution in [-0.2, 0) is 31.4 Å². The van der Waals surface area contributed by atoms with Crippen LogP contribution in [0, 0.1) is 6.92 Å². The third-order valence-corrected chi connectivity index (χ3v) is 7.16. The molecule has 0 radical (unpaired) electrons. The van der Waals surface area contributed by atoms with E-state index in [0.29, 0.717) is 22.5 Å². The Balaban J connectivity index is 1.48. The lowest BCUT2D eigenvalue weighted by molar-refractivity contribution is -0.141. The van der Waals surface area contributed by atoms with Crippen LogP contribution in [0.3, 0.4) is 0 Å². The van der Waals surface area contributed by atoms with Crippen LogP contribution in [0.2, 0.25) is 0 Å². The molecular formula is C28H31N3O9S. The highest BCUT2D eigenvalue weighted by Crippen LogP contribution is 2.36. The molecule has 3 rings (SSSR count). The highest BCUT2D eigenvalue weighted by Gasteiger charge is 2.21. The van der Waals surface area contributed by atoms with Gasteiger partial charge in [0, 0.05) is 16.9 Å². The summed E-state index contributed by atoms with van der Waals surface area (Å²) in [6, 6.07) is 11.7. The zero-order valence-corrected chi connectivity index (χ0v) is 23.6. The lowest BCUT2D eigenvalue weighted by Gasteiger charge is -2.15. The van der Waals surface area contributed by atoms with Crippen LogP contribution in [0.15, 0.2) is 51.7 Å². The summed E-state index contributed by atoms with van der Waals surface area (Å²) < 4.78 is 16.0. The number of fused-ring (bicyclic) bond motifs is 1. The summed E-state index contributed by atoms with van der Waals surface area (Å²) in [4.78, 5) is 61.0. The highest BCUT2D eigenvalue weighted by molar-refractivity contribution is 7.98. The van der Waals surface area contributed by atoms with Gasteiger partial charge < -0.3 is 34.9 Å². The van der Waals surface area contributed by atoms with Crippen molar-refractivity contribution in [3.8, 4) is 11.5 Å². The van der Waals surface area contributed by atoms with Crippen molar-refractivity contribution in [3.05, 3.63) is 69.6 Å². The Hall–Kier alpha value is -4.52. The zero-order chi connectivity index (χ0) is 29.9. The van der Waals surface area contributed by atoms with Gasteiger partial charge in [-0.05, 0) is 30.2 Å². The number of aliphatic carboxylic acids is 1. The quantitative estimate of drug-likeness (QED) is 0.203. The van der Waals surface area contributed by atoms with E-state index in [2.05, 4.69) is 16.0 Å². The Morgan fingerprint density at radius 2 is 1.63 bits per heavy atom. The average molecular weight is 586 g/mol. The lowest BCUT2D eigenvalue weighted by atomic mass is 10.0. The number of rotatable bonds is 14. The van der Waals surface area contributed by atoms with Gasteiger partial charge in [0.1, 0.15) is 6.04 Å². The van der Waals surface area contributed by atoms with Gasteiger partial charge in [-0.1, -0.05) is 30.3 Å². The number of amides is 3. The minimum absolute atomic E-state index is 0.117. The first kappa shape index (κ1) is 31.0. The fraction of sp³-hybridized carbons (Fsp3) is 0.321. The van der Waals surface area contributed by atoms with Gasteiger partial charge in [-0.3, -0.25) is 14.4 Å². The van der Waals surface area contributed by atoms with Crippen molar-refractivity contribution in [2.24, 2.45) is 0 Å². The first-order valence-corrected chi connectivity index (χ1v) is 13.6. The van der Waals surface area contributed by atoms with Crippen molar-refractivity contribution >= 4 is 46.4 Å². The van der Waals surface area contributed by atoms with E-state index in [1.54, 1.807) is 19.1 Å². The molecule has 2 aromatic carbocycles. The van der Waals surface area contributed by atoms with E-state index >= 15 is 0 Å². The number of carboxylic acid groups (broad SMARTS) is 1. The molecule has 3 amide bonds. The highest BCUT2D eigenvalue weighted by atomic mass is 32.2. The lowest BCUT2D eigenvalue weighted by Crippen LogP contribution is -2.48. The molecule has 0 aliphatic rings. The van der Waals surface area contributed by atoms with Crippen molar-refractivity contribution in [3.63, 3.8) is 0 Å². The predicted molar refractivity (Wildman–Crippen MR) is 152 cm³/mol. The third-order valence-electron chi connectivity index (χ3n) is 6.06. The molecule has 3 aromatic rings. The van der Waals surface area contributed by atoms with Gasteiger partial charge in [0.25, 0.3) is 0 Å². The van der Waals surface area contributed by atoms with E-state index in [4.69, 9.17) is 13.9 Å². The summed E-state index contributed by atoms with van der Waals surface area (Å²) in [5, 5.41) is 17.1. The third kappa shape index (κ3) is 8.48. The van der Waals surface area contributed by atoms with Crippen LogP contribution in [-0.4, -0.2) is 67.9 Å². The Labute approximate surface area is 239 Å². The second-order valence-corrected chi connectivity index (χ2v) is 9.89. The standard InChI is InChI=1S/C28H31N3O9S/c1-16-18-9-10-21(38-2)26(39-3)25(18)40-28(37)19(16)11-22(32)29-12-23(33)30-13-24(34)31-20(27(35)36)15-41-14-17-7-5-4-6-8-17/h4-10,20H,11-15H2,1-3H3,(H,29,32)(H,30,33)(H,31,34)(H,35,36)/t20-/m0/s1. The number of nitrogens with one attached hydrogen (secondary N) is 3. The minimum Gasteiger partial charge on any atom is -0.493 e. The molecule has 41 heavy (non-hydrogen) atoms. The van der Waals surface area contributed by atoms with Crippen LogP contribution in [0.1, 0.15) is 16.7 Å². The van der Waals surface area contributed by atoms with Gasteiger partial charge in [-0.2, -0.15) is 11.8 Å². The van der Waals surface area contributed by atoms with E-state index in [-0.39, 0.29) is 29.1 Å². The van der Waals surface area contributed by atoms with Crippen molar-refractivity contribution < 1.29 is 38.2 Å². The molecule has 0 spiro atoms. The first-order chi connectivity index (χ1) is 19.6. The molecule has 4 N–H and O–H groups in total. The second-order valence-electron chi connectivity index (χ2n) is 8.86. The van der Waals surface area contributed by atoms with E-state index in [1.165, 1.54) is 26.0 Å². The summed E-state index contributed by atoms with van der Waals surface area (Å²) >= 11 is 1.36. The normalized spacial score (nSPS) is 11.4. The number of methoxy groups -OCH3 is 2. The fourth-order valence-electron chi connectivity index (χ4n) is 3.90. The van der Waals surface area contributed by atoms with Crippen molar-refractivity contribution in [2.75, 3.05) is 33.1 Å². The summed E-state index contributed by atoms with van der Waals surface area (Å²) in [6.07, 6.45) is -0.340. The molecular weight excluding hydrogens is 554 g/mol. The molecule has 13 heteroatoms. The van der Waals surface area contributed by atoms with E-state index in [9.17, 15) is 29.1 Å². The van der Waals surface area contributed by atoms with Crippen molar-refractivity contribution in [2.45, 2.75) is 25.1 Å². The summed E-state index contributed by atoms with van der Waals surface area (Å²) in [5.41, 5.74) is 1.12. The second kappa shape index (κ2) is 14.7. The number of hydrogen-bond donors (Lipinski definition) is 4. The molecule has 0 aliphatic heterocycles. The molecule has 218 valence electrons. The molecule has 0 unspecified atom stereocenters. The van der Waals surface area contributed by atoms with Gasteiger partial charge in [-0.25, -0.2) is 9.59 Å². The predicted octanol–water partition coefficient (Wildman–Crippen LogP) is 1.40. The molecule has 1 aromatic heterocycles. The topological polar surface area (TPSA) is 173 Å². The SMILES string of the molecule is COc1ccc2c(C)c(CC(=O)NCC(=O)NCC(=O)N[C@@H](CSCc3ccccc3)C(=O)O)c(=O)oc2c1OC. The minimum atomic E-state index is -1.19. The van der Waals surface area contributed by atoms with E-state index < -0.39 is 48.4 Å². The number of carbonyl (C=O) groups is 4. The van der Waals surface area contributed by atoms with Gasteiger partial charge in [0.2, 0.25) is 23.5 Å². The first-order valence-electron chi connectivity index (χ1n) is 12.5. The van der Waals surface area contributed by atoms with E-state index in [1.807, 2.05) is 30.3 Å². The van der Waals surface area contributed by atoms with Crippen LogP contribution in [0.25, 0.3) is 11.0 Å². The molecule has 0 fully saturated rings. The van der Waals surface area contributed by atoms with Crippen LogP contribution in [0.4, 0.5) is 0 Å². The average Bonchev–Trinajstić information content (AvgIpc) is 2.96. The Kier molecular flexibility index (Phi) is 11.2. The fourth-order valence-corrected chi connectivity index (χ4v) is 4.91. The number of ether oxygens (including phenoxy) is 2. The summed E-state index contributed by atoms with van der Waals surface area (Å²) in [7, 11) is 2.87. The largest absolute Gasteiger partial charge is 0.493 e. The van der Waals surface area contributed by atoms with Crippen molar-refractivity contribution in [1.82, 2.24) is 16.0 Å². The maximum atomic E-state index is 12.6. The Morgan fingerprint density at radius 1 is 0.951 bits per heavy atom. The molecule has 12 nitrogen and oxygen atoms in total. The summed E-state index contributed by atoms with van der Waals surface area (Å²) in [6.45, 7) is 0.745. The number of aryl methyl sites for hydroxylation is 1. The maximum Gasteiger partial charge on any atom is 0.340 e. The Morgan fingerprint density at radius 3 is 2.29 bits per heavy atom. The van der Waals surface area contributed by atoms with E-state index in [0.717, 1.165) is 5.56 Å². The molecule has 1 heterocycles. The maximum absolute atomic E-state index is 12.6. The van der Waals surface area contributed by atoms with Crippen LogP contribution in [0.5, 0.6) is 11.5 Å². The Bertz CT molecular complexity index is 1470. The number of hydrogen-bond acceptors (Lipinski definition) is 9. The molecule has 0 saturated carbocycles. The monoisotopic (exact) mass is 585 g/mol. The number of carboxylic acids is 1.